The second kappa shape index (κ2) is 6.05. The van der Waals surface area contributed by atoms with E-state index in [-0.39, 0.29) is 17.9 Å². The van der Waals surface area contributed by atoms with Crippen molar-refractivity contribution in [3.05, 3.63) is 53.0 Å². The number of halogens is 1. The van der Waals surface area contributed by atoms with Gasteiger partial charge in [0.2, 0.25) is 0 Å². The lowest BCUT2D eigenvalue weighted by molar-refractivity contribution is -0.00642. The molecule has 0 amide bonds. The van der Waals surface area contributed by atoms with Crippen LogP contribution >= 0.6 is 0 Å². The van der Waals surface area contributed by atoms with Gasteiger partial charge in [0.15, 0.2) is 11.3 Å². The molecule has 0 aliphatic carbocycles. The molecule has 4 rings (SSSR count). The smallest absolute Gasteiger partial charge is 0.279 e. The molecular weight excluding hydrogens is 325 g/mol. The summed E-state index contributed by atoms with van der Waals surface area (Å²) in [6.07, 6.45) is 4.05. The molecule has 7 nitrogen and oxygen atoms in total. The fourth-order valence-electron chi connectivity index (χ4n) is 3.20. The van der Waals surface area contributed by atoms with Crippen molar-refractivity contribution in [3.63, 3.8) is 0 Å². The molecule has 0 spiro atoms. The summed E-state index contributed by atoms with van der Waals surface area (Å²) in [7, 11) is 0. The maximum absolute atomic E-state index is 13.1. The Bertz CT molecular complexity index is 957. The number of fused-ring (bicyclic) bond motifs is 1. The van der Waals surface area contributed by atoms with Gasteiger partial charge in [0.25, 0.3) is 5.56 Å². The summed E-state index contributed by atoms with van der Waals surface area (Å²) in [6, 6.07) is 5.86. The Balaban J connectivity index is 1.72. The molecule has 0 bridgehead atoms. The Morgan fingerprint density at radius 3 is 2.68 bits per heavy atom. The average molecular weight is 343 g/mol. The lowest BCUT2D eigenvalue weighted by Gasteiger charge is -2.32. The number of imidazole rings is 1. The Labute approximate surface area is 142 Å². The van der Waals surface area contributed by atoms with Crippen LogP contribution in [0, 0.1) is 5.82 Å². The van der Waals surface area contributed by atoms with Gasteiger partial charge in [0.1, 0.15) is 12.1 Å². The van der Waals surface area contributed by atoms with E-state index in [0.717, 1.165) is 13.1 Å². The zero-order valence-electron chi connectivity index (χ0n) is 13.5. The van der Waals surface area contributed by atoms with E-state index in [2.05, 4.69) is 15.4 Å². The van der Waals surface area contributed by atoms with Crippen LogP contribution in [-0.4, -0.2) is 43.0 Å². The molecule has 3 heterocycles. The summed E-state index contributed by atoms with van der Waals surface area (Å²) in [6.45, 7) is 1.65. The van der Waals surface area contributed by atoms with Gasteiger partial charge in [-0.05, 0) is 50.2 Å². The third-order valence-electron chi connectivity index (χ3n) is 4.63. The fourth-order valence-corrected chi connectivity index (χ4v) is 3.20. The van der Waals surface area contributed by atoms with E-state index in [4.69, 9.17) is 0 Å². The van der Waals surface area contributed by atoms with Crippen molar-refractivity contribution in [2.24, 2.45) is 0 Å². The number of nitrogens with one attached hydrogen (secondary N) is 1. The standard InChI is InChI=1S/C17H18FN5O2/c18-13-3-1-12(2-4-13)15-20-9-14-16(24)22(11-21-23(14)15)10-17(25)5-7-19-8-6-17/h1-4,9,11,19,25H,5-8,10H2. The predicted molar refractivity (Wildman–Crippen MR) is 89.7 cm³/mol. The van der Waals surface area contributed by atoms with Crippen molar-refractivity contribution >= 4 is 5.52 Å². The summed E-state index contributed by atoms with van der Waals surface area (Å²) in [5, 5.41) is 18.1. The SMILES string of the molecule is O=c1c2cnc(-c3ccc(F)cc3)n2ncn1CC1(O)CCNCC1. The van der Waals surface area contributed by atoms with Gasteiger partial charge in [-0.15, -0.1) is 0 Å². The van der Waals surface area contributed by atoms with E-state index in [1.54, 1.807) is 12.1 Å². The Kier molecular flexibility index (Phi) is 3.85. The number of piperidine rings is 1. The second-order valence-corrected chi connectivity index (χ2v) is 6.42. The van der Waals surface area contributed by atoms with Crippen molar-refractivity contribution in [1.82, 2.24) is 24.5 Å². The lowest BCUT2D eigenvalue weighted by Crippen LogP contribution is -2.46. The van der Waals surface area contributed by atoms with Gasteiger partial charge in [-0.25, -0.2) is 13.9 Å². The number of aromatic nitrogens is 4. The summed E-state index contributed by atoms with van der Waals surface area (Å²) in [5.41, 5.74) is -0.181. The first-order valence-corrected chi connectivity index (χ1v) is 8.18. The highest BCUT2D eigenvalue weighted by Gasteiger charge is 2.30. The zero-order chi connectivity index (χ0) is 17.4. The third kappa shape index (κ3) is 2.94. The molecule has 1 aliphatic rings. The number of nitrogens with zero attached hydrogens (tertiary/aromatic N) is 4. The summed E-state index contributed by atoms with van der Waals surface area (Å²) < 4.78 is 16.0. The number of benzene rings is 1. The third-order valence-corrected chi connectivity index (χ3v) is 4.63. The number of rotatable bonds is 3. The van der Waals surface area contributed by atoms with E-state index in [1.807, 2.05) is 0 Å². The van der Waals surface area contributed by atoms with Gasteiger partial charge in [-0.2, -0.15) is 5.10 Å². The topological polar surface area (TPSA) is 84.5 Å². The quantitative estimate of drug-likeness (QED) is 0.735. The molecule has 1 fully saturated rings. The monoisotopic (exact) mass is 343 g/mol. The highest BCUT2D eigenvalue weighted by atomic mass is 19.1. The zero-order valence-corrected chi connectivity index (χ0v) is 13.5. The number of aliphatic hydroxyl groups is 1. The van der Waals surface area contributed by atoms with Crippen LogP contribution in [0.2, 0.25) is 0 Å². The molecule has 25 heavy (non-hydrogen) atoms. The van der Waals surface area contributed by atoms with Crippen LogP contribution in [0.15, 0.2) is 41.6 Å². The van der Waals surface area contributed by atoms with Gasteiger partial charge in [-0.1, -0.05) is 0 Å². The van der Waals surface area contributed by atoms with E-state index in [0.29, 0.717) is 29.7 Å². The van der Waals surface area contributed by atoms with E-state index in [1.165, 1.54) is 33.7 Å². The van der Waals surface area contributed by atoms with Crippen molar-refractivity contribution in [2.45, 2.75) is 25.0 Å². The molecule has 0 radical (unpaired) electrons. The van der Waals surface area contributed by atoms with Crippen LogP contribution in [-0.2, 0) is 6.54 Å². The number of hydrogen-bond donors (Lipinski definition) is 2. The van der Waals surface area contributed by atoms with Gasteiger partial charge >= 0.3 is 0 Å². The summed E-state index contributed by atoms with van der Waals surface area (Å²) in [5.74, 6) is 0.134. The second-order valence-electron chi connectivity index (χ2n) is 6.42. The maximum atomic E-state index is 13.1. The first-order chi connectivity index (χ1) is 12.1. The molecule has 1 saturated heterocycles. The maximum Gasteiger partial charge on any atom is 0.279 e. The van der Waals surface area contributed by atoms with Crippen molar-refractivity contribution in [1.29, 1.82) is 0 Å². The van der Waals surface area contributed by atoms with Crippen molar-refractivity contribution in [2.75, 3.05) is 13.1 Å². The minimum atomic E-state index is -0.908. The van der Waals surface area contributed by atoms with Crippen molar-refractivity contribution in [3.8, 4) is 11.4 Å². The molecule has 8 heteroatoms. The lowest BCUT2D eigenvalue weighted by atomic mass is 9.92. The normalized spacial score (nSPS) is 17.0. The first-order valence-electron chi connectivity index (χ1n) is 8.18. The molecule has 1 aromatic carbocycles. The number of hydrogen-bond acceptors (Lipinski definition) is 5. The van der Waals surface area contributed by atoms with Crippen LogP contribution in [0.5, 0.6) is 0 Å². The van der Waals surface area contributed by atoms with Crippen LogP contribution < -0.4 is 10.9 Å². The van der Waals surface area contributed by atoms with Gasteiger partial charge in [0.05, 0.1) is 18.3 Å². The Morgan fingerprint density at radius 2 is 1.96 bits per heavy atom. The molecule has 3 aromatic rings. The molecule has 130 valence electrons. The molecule has 0 saturated carbocycles. The summed E-state index contributed by atoms with van der Waals surface area (Å²) in [4.78, 5) is 17.0. The molecule has 0 unspecified atom stereocenters. The average Bonchev–Trinajstić information content (AvgIpc) is 3.03. The first kappa shape index (κ1) is 15.9. The van der Waals surface area contributed by atoms with Crippen LogP contribution in [0.25, 0.3) is 16.9 Å². The van der Waals surface area contributed by atoms with Crippen LogP contribution in [0.3, 0.4) is 0 Å². The highest BCUT2D eigenvalue weighted by molar-refractivity contribution is 5.60. The van der Waals surface area contributed by atoms with Gasteiger partial charge in [-0.3, -0.25) is 9.36 Å². The Hall–Kier alpha value is -2.58. The van der Waals surface area contributed by atoms with Crippen LogP contribution in [0.4, 0.5) is 4.39 Å². The molecule has 2 aromatic heterocycles. The Morgan fingerprint density at radius 1 is 1.24 bits per heavy atom. The molecule has 1 aliphatic heterocycles. The summed E-state index contributed by atoms with van der Waals surface area (Å²) >= 11 is 0. The predicted octanol–water partition coefficient (Wildman–Crippen LogP) is 0.812. The van der Waals surface area contributed by atoms with E-state index >= 15 is 0 Å². The van der Waals surface area contributed by atoms with Gasteiger partial charge in [0, 0.05) is 5.56 Å². The molecule has 0 atom stereocenters. The largest absolute Gasteiger partial charge is 0.388 e. The van der Waals surface area contributed by atoms with E-state index < -0.39 is 5.60 Å². The fraction of sp³-hybridized carbons (Fsp3) is 0.353. The van der Waals surface area contributed by atoms with E-state index in [9.17, 15) is 14.3 Å². The van der Waals surface area contributed by atoms with Gasteiger partial charge < -0.3 is 10.4 Å². The minimum Gasteiger partial charge on any atom is -0.388 e. The molecular formula is C17H18FN5O2. The highest BCUT2D eigenvalue weighted by Crippen LogP contribution is 2.20. The molecule has 2 N–H and O–H groups in total. The van der Waals surface area contributed by atoms with Crippen LogP contribution in [0.1, 0.15) is 12.8 Å². The van der Waals surface area contributed by atoms with Crippen molar-refractivity contribution < 1.29 is 9.50 Å². The minimum absolute atomic E-state index is 0.202.